The van der Waals surface area contributed by atoms with Crippen molar-refractivity contribution < 1.29 is 9.53 Å². The molecule has 0 fully saturated rings. The summed E-state index contributed by atoms with van der Waals surface area (Å²) in [6.07, 6.45) is 1.40. The first kappa shape index (κ1) is 18.3. The lowest BCUT2D eigenvalue weighted by atomic mass is 10.0. The van der Waals surface area contributed by atoms with Gasteiger partial charge in [0.05, 0.1) is 16.3 Å². The maximum absolute atomic E-state index is 11.7. The number of hydrazone groups is 1. The summed E-state index contributed by atoms with van der Waals surface area (Å²) < 4.78 is 5.41. The Kier molecular flexibility index (Phi) is 6.64. The molecular formula is C18H18Cl2N2O2. The highest BCUT2D eigenvalue weighted by atomic mass is 35.5. The van der Waals surface area contributed by atoms with Crippen LogP contribution in [0.25, 0.3) is 0 Å². The van der Waals surface area contributed by atoms with Crippen LogP contribution in [-0.4, -0.2) is 18.7 Å². The predicted octanol–water partition coefficient (Wildman–Crippen LogP) is 4.65. The molecule has 2 rings (SSSR count). The van der Waals surface area contributed by atoms with Gasteiger partial charge >= 0.3 is 0 Å². The van der Waals surface area contributed by atoms with Crippen molar-refractivity contribution in [2.75, 3.05) is 6.61 Å². The maximum Gasteiger partial charge on any atom is 0.277 e. The second-order valence-corrected chi connectivity index (χ2v) is 6.26. The SMILES string of the molecule is CC(C)c1ccc(OCC(=O)N/N=C/c2c(Cl)cccc2Cl)cc1. The number of nitrogens with zero attached hydrogens (tertiary/aromatic N) is 1. The minimum Gasteiger partial charge on any atom is -0.484 e. The topological polar surface area (TPSA) is 50.7 Å². The number of benzene rings is 2. The van der Waals surface area contributed by atoms with Gasteiger partial charge in [0, 0.05) is 5.56 Å². The summed E-state index contributed by atoms with van der Waals surface area (Å²) in [4.78, 5) is 11.7. The van der Waals surface area contributed by atoms with Crippen molar-refractivity contribution in [3.8, 4) is 5.75 Å². The summed E-state index contributed by atoms with van der Waals surface area (Å²) in [5.41, 5.74) is 4.14. The molecule has 1 N–H and O–H groups in total. The quantitative estimate of drug-likeness (QED) is 0.599. The van der Waals surface area contributed by atoms with Gasteiger partial charge < -0.3 is 4.74 Å². The van der Waals surface area contributed by atoms with Crippen molar-refractivity contribution in [2.45, 2.75) is 19.8 Å². The number of carbonyl (C=O) groups excluding carboxylic acids is 1. The molecule has 0 aliphatic carbocycles. The highest BCUT2D eigenvalue weighted by Crippen LogP contribution is 2.22. The first-order valence-corrected chi connectivity index (χ1v) is 8.21. The van der Waals surface area contributed by atoms with Crippen LogP contribution >= 0.6 is 23.2 Å². The molecule has 0 radical (unpaired) electrons. The van der Waals surface area contributed by atoms with E-state index in [1.807, 2.05) is 24.3 Å². The Morgan fingerprint density at radius 2 is 1.79 bits per heavy atom. The Morgan fingerprint density at radius 1 is 1.17 bits per heavy atom. The zero-order valence-electron chi connectivity index (χ0n) is 13.4. The van der Waals surface area contributed by atoms with Crippen molar-refractivity contribution in [3.63, 3.8) is 0 Å². The van der Waals surface area contributed by atoms with Crippen LogP contribution in [0.3, 0.4) is 0 Å². The van der Waals surface area contributed by atoms with Crippen molar-refractivity contribution in [1.82, 2.24) is 5.43 Å². The number of carbonyl (C=O) groups is 1. The van der Waals surface area contributed by atoms with Crippen LogP contribution in [0, 0.1) is 0 Å². The van der Waals surface area contributed by atoms with Gasteiger partial charge in [-0.25, -0.2) is 5.43 Å². The third-order valence-corrected chi connectivity index (χ3v) is 3.96. The summed E-state index contributed by atoms with van der Waals surface area (Å²) in [7, 11) is 0. The fourth-order valence-corrected chi connectivity index (χ4v) is 2.43. The smallest absolute Gasteiger partial charge is 0.277 e. The van der Waals surface area contributed by atoms with E-state index in [9.17, 15) is 4.79 Å². The van der Waals surface area contributed by atoms with Crippen molar-refractivity contribution in [2.24, 2.45) is 5.10 Å². The molecule has 0 saturated carbocycles. The monoisotopic (exact) mass is 364 g/mol. The number of halogens is 2. The van der Waals surface area contributed by atoms with E-state index in [1.165, 1.54) is 11.8 Å². The summed E-state index contributed by atoms with van der Waals surface area (Å²) in [6, 6.07) is 12.8. The number of rotatable bonds is 6. The molecule has 0 bridgehead atoms. The second-order valence-electron chi connectivity index (χ2n) is 5.44. The first-order valence-electron chi connectivity index (χ1n) is 7.46. The van der Waals surface area contributed by atoms with Crippen molar-refractivity contribution in [1.29, 1.82) is 0 Å². The summed E-state index contributed by atoms with van der Waals surface area (Å²) >= 11 is 12.0. The van der Waals surface area contributed by atoms with Gasteiger partial charge in [0.15, 0.2) is 6.61 Å². The Labute approximate surface area is 151 Å². The van der Waals surface area contributed by atoms with E-state index in [4.69, 9.17) is 27.9 Å². The molecule has 2 aromatic carbocycles. The molecule has 0 spiro atoms. The van der Waals surface area contributed by atoms with Crippen molar-refractivity contribution >= 4 is 35.3 Å². The summed E-state index contributed by atoms with van der Waals surface area (Å²) in [5, 5.41) is 4.76. The molecule has 6 heteroatoms. The van der Waals surface area contributed by atoms with Gasteiger partial charge in [-0.1, -0.05) is 55.2 Å². The predicted molar refractivity (Wildman–Crippen MR) is 98.2 cm³/mol. The summed E-state index contributed by atoms with van der Waals surface area (Å²) in [6.45, 7) is 4.10. The lowest BCUT2D eigenvalue weighted by Gasteiger charge is -2.08. The largest absolute Gasteiger partial charge is 0.484 e. The van der Waals surface area contributed by atoms with E-state index < -0.39 is 0 Å². The second kappa shape index (κ2) is 8.71. The summed E-state index contributed by atoms with van der Waals surface area (Å²) in [5.74, 6) is 0.711. The van der Waals surface area contributed by atoms with E-state index in [-0.39, 0.29) is 12.5 Å². The Hall–Kier alpha value is -2.04. The molecule has 0 heterocycles. The molecule has 1 amide bonds. The van der Waals surface area contributed by atoms with E-state index in [0.29, 0.717) is 27.3 Å². The first-order chi connectivity index (χ1) is 11.5. The van der Waals surface area contributed by atoms with E-state index >= 15 is 0 Å². The molecule has 24 heavy (non-hydrogen) atoms. The molecule has 4 nitrogen and oxygen atoms in total. The van der Waals surface area contributed by atoms with Crippen LogP contribution in [0.4, 0.5) is 0 Å². The van der Waals surface area contributed by atoms with Gasteiger partial charge in [0.1, 0.15) is 5.75 Å². The zero-order chi connectivity index (χ0) is 17.5. The molecule has 0 unspecified atom stereocenters. The number of hydrogen-bond donors (Lipinski definition) is 1. The lowest BCUT2D eigenvalue weighted by molar-refractivity contribution is -0.123. The highest BCUT2D eigenvalue weighted by molar-refractivity contribution is 6.38. The molecule has 0 aliphatic heterocycles. The number of ether oxygens (including phenoxy) is 1. The minimum atomic E-state index is -0.373. The average Bonchev–Trinajstić information content (AvgIpc) is 2.56. The van der Waals surface area contributed by atoms with E-state index in [0.717, 1.165) is 0 Å². The lowest BCUT2D eigenvalue weighted by Crippen LogP contribution is -2.24. The molecule has 0 aromatic heterocycles. The highest BCUT2D eigenvalue weighted by Gasteiger charge is 2.05. The number of amides is 1. The molecule has 0 saturated heterocycles. The minimum absolute atomic E-state index is 0.130. The third kappa shape index (κ3) is 5.25. The number of hydrogen-bond acceptors (Lipinski definition) is 3. The molecule has 0 aliphatic rings. The van der Waals surface area contributed by atoms with Crippen LogP contribution in [0.1, 0.15) is 30.9 Å². The van der Waals surface area contributed by atoms with E-state index in [2.05, 4.69) is 24.4 Å². The van der Waals surface area contributed by atoms with Crippen molar-refractivity contribution in [3.05, 3.63) is 63.6 Å². The maximum atomic E-state index is 11.7. The number of nitrogens with one attached hydrogen (secondary N) is 1. The van der Waals surface area contributed by atoms with Gasteiger partial charge in [-0.2, -0.15) is 5.10 Å². The Balaban J connectivity index is 1.84. The van der Waals surface area contributed by atoms with Crippen LogP contribution < -0.4 is 10.2 Å². The van der Waals surface area contributed by atoms with Gasteiger partial charge in [0.2, 0.25) is 0 Å². The van der Waals surface area contributed by atoms with E-state index in [1.54, 1.807) is 18.2 Å². The molecule has 126 valence electrons. The normalized spacial score (nSPS) is 11.0. The Morgan fingerprint density at radius 3 is 2.38 bits per heavy atom. The fourth-order valence-electron chi connectivity index (χ4n) is 1.93. The van der Waals surface area contributed by atoms with Gasteiger partial charge in [0.25, 0.3) is 5.91 Å². The molecular weight excluding hydrogens is 347 g/mol. The van der Waals surface area contributed by atoms with Crippen LogP contribution in [0.15, 0.2) is 47.6 Å². The van der Waals surface area contributed by atoms with Gasteiger partial charge in [-0.05, 0) is 35.7 Å². The fraction of sp³-hybridized carbons (Fsp3) is 0.222. The third-order valence-electron chi connectivity index (χ3n) is 3.30. The average molecular weight is 365 g/mol. The zero-order valence-corrected chi connectivity index (χ0v) is 14.9. The molecule has 0 atom stereocenters. The standard InChI is InChI=1S/C18H18Cl2N2O2/c1-12(2)13-6-8-14(9-7-13)24-11-18(23)22-21-10-15-16(19)4-3-5-17(15)20/h3-10,12H,11H2,1-2H3,(H,22,23)/b21-10+. The van der Waals surface area contributed by atoms with Crippen LogP contribution in [0.2, 0.25) is 10.0 Å². The molecule has 2 aromatic rings. The van der Waals surface area contributed by atoms with Gasteiger partial charge in [-0.3, -0.25) is 4.79 Å². The Bertz CT molecular complexity index is 708. The van der Waals surface area contributed by atoms with Gasteiger partial charge in [-0.15, -0.1) is 0 Å². The van der Waals surface area contributed by atoms with Crippen LogP contribution in [0.5, 0.6) is 5.75 Å². The van der Waals surface area contributed by atoms with Crippen LogP contribution in [-0.2, 0) is 4.79 Å².